The quantitative estimate of drug-likeness (QED) is 0.673. The van der Waals surface area contributed by atoms with E-state index in [4.69, 9.17) is 9.84 Å². The van der Waals surface area contributed by atoms with E-state index in [2.05, 4.69) is 12.2 Å². The van der Waals surface area contributed by atoms with Crippen molar-refractivity contribution in [3.8, 4) is 0 Å². The molecular formula is C13H25NO4S. The van der Waals surface area contributed by atoms with Gasteiger partial charge in [0.1, 0.15) is 11.6 Å². The molecule has 0 saturated carbocycles. The summed E-state index contributed by atoms with van der Waals surface area (Å²) in [7, 11) is 0. The van der Waals surface area contributed by atoms with Crippen molar-refractivity contribution < 1.29 is 19.4 Å². The van der Waals surface area contributed by atoms with Crippen molar-refractivity contribution in [3.63, 3.8) is 0 Å². The summed E-state index contributed by atoms with van der Waals surface area (Å²) in [6.45, 7) is 7.33. The minimum absolute atomic E-state index is 0.359. The highest BCUT2D eigenvalue weighted by molar-refractivity contribution is 7.99. The SMILES string of the molecule is CCCCCSC[C@H](NC(=O)OC(C)(C)C)C(=O)O. The second kappa shape index (κ2) is 9.07. The Bertz CT molecular complexity index is 289. The largest absolute Gasteiger partial charge is 0.480 e. The van der Waals surface area contributed by atoms with Gasteiger partial charge in [0.25, 0.3) is 0 Å². The van der Waals surface area contributed by atoms with E-state index in [1.54, 1.807) is 20.8 Å². The van der Waals surface area contributed by atoms with Gasteiger partial charge in [-0.3, -0.25) is 0 Å². The molecule has 112 valence electrons. The molecule has 5 nitrogen and oxygen atoms in total. The topological polar surface area (TPSA) is 75.6 Å². The number of hydrogen-bond acceptors (Lipinski definition) is 4. The Morgan fingerprint density at radius 1 is 1.32 bits per heavy atom. The smallest absolute Gasteiger partial charge is 0.408 e. The van der Waals surface area contributed by atoms with Gasteiger partial charge in [-0.15, -0.1) is 0 Å². The van der Waals surface area contributed by atoms with Crippen molar-refractivity contribution in [2.75, 3.05) is 11.5 Å². The minimum Gasteiger partial charge on any atom is -0.480 e. The highest BCUT2D eigenvalue weighted by Gasteiger charge is 2.23. The van der Waals surface area contributed by atoms with Crippen molar-refractivity contribution >= 4 is 23.8 Å². The predicted molar refractivity (Wildman–Crippen MR) is 77.6 cm³/mol. The van der Waals surface area contributed by atoms with Crippen LogP contribution in [-0.2, 0) is 9.53 Å². The van der Waals surface area contributed by atoms with Gasteiger partial charge in [-0.1, -0.05) is 19.8 Å². The number of carbonyl (C=O) groups excluding carboxylic acids is 1. The van der Waals surface area contributed by atoms with Crippen molar-refractivity contribution in [2.24, 2.45) is 0 Å². The molecule has 1 atom stereocenters. The first-order chi connectivity index (χ1) is 8.76. The lowest BCUT2D eigenvalue weighted by molar-refractivity contribution is -0.138. The van der Waals surface area contributed by atoms with Crippen LogP contribution in [0.4, 0.5) is 4.79 Å². The molecule has 0 aliphatic rings. The highest BCUT2D eigenvalue weighted by Crippen LogP contribution is 2.10. The summed E-state index contributed by atoms with van der Waals surface area (Å²) in [4.78, 5) is 22.5. The summed E-state index contributed by atoms with van der Waals surface area (Å²) in [5, 5.41) is 11.4. The van der Waals surface area contributed by atoms with E-state index >= 15 is 0 Å². The molecule has 0 heterocycles. The predicted octanol–water partition coefficient (Wildman–Crippen LogP) is 2.89. The molecule has 0 rings (SSSR count). The molecule has 19 heavy (non-hydrogen) atoms. The Morgan fingerprint density at radius 3 is 2.42 bits per heavy atom. The number of aliphatic carboxylic acids is 1. The lowest BCUT2D eigenvalue weighted by Gasteiger charge is -2.21. The molecule has 0 unspecified atom stereocenters. The second-order valence-electron chi connectivity index (χ2n) is 5.32. The molecule has 0 radical (unpaired) electrons. The Kier molecular flexibility index (Phi) is 8.63. The van der Waals surface area contributed by atoms with Gasteiger partial charge in [0.15, 0.2) is 0 Å². The summed E-state index contributed by atoms with van der Waals surface area (Å²) in [6, 6.07) is -0.901. The van der Waals surface area contributed by atoms with E-state index in [1.807, 2.05) is 0 Å². The highest BCUT2D eigenvalue weighted by atomic mass is 32.2. The first-order valence-corrected chi connectivity index (χ1v) is 7.71. The minimum atomic E-state index is -1.03. The maximum absolute atomic E-state index is 11.5. The van der Waals surface area contributed by atoms with Crippen molar-refractivity contribution in [1.29, 1.82) is 0 Å². The van der Waals surface area contributed by atoms with Gasteiger partial charge in [-0.25, -0.2) is 9.59 Å². The molecule has 0 spiro atoms. The fourth-order valence-electron chi connectivity index (χ4n) is 1.28. The fraction of sp³-hybridized carbons (Fsp3) is 0.846. The van der Waals surface area contributed by atoms with E-state index in [0.29, 0.717) is 5.75 Å². The Hall–Kier alpha value is -0.910. The van der Waals surface area contributed by atoms with Crippen LogP contribution in [0, 0.1) is 0 Å². The number of amides is 1. The van der Waals surface area contributed by atoms with E-state index < -0.39 is 23.7 Å². The standard InChI is InChI=1S/C13H25NO4S/c1-5-6-7-8-19-9-10(11(15)16)14-12(17)18-13(2,3)4/h10H,5-9H2,1-4H3,(H,14,17)(H,15,16)/t10-/m0/s1. The number of carboxylic acids is 1. The van der Waals surface area contributed by atoms with Gasteiger partial charge in [0.2, 0.25) is 0 Å². The van der Waals surface area contributed by atoms with E-state index in [1.165, 1.54) is 11.8 Å². The average molecular weight is 291 g/mol. The molecule has 0 aromatic carbocycles. The Labute approximate surface area is 119 Å². The summed E-state index contributed by atoms with van der Waals surface area (Å²) in [5.74, 6) is 0.236. The first-order valence-electron chi connectivity index (χ1n) is 6.56. The average Bonchev–Trinajstić information content (AvgIpc) is 2.24. The number of carboxylic acid groups (broad SMARTS) is 1. The summed E-state index contributed by atoms with van der Waals surface area (Å²) < 4.78 is 5.04. The summed E-state index contributed by atoms with van der Waals surface area (Å²) in [5.41, 5.74) is -0.624. The van der Waals surface area contributed by atoms with Crippen LogP contribution in [0.2, 0.25) is 0 Å². The van der Waals surface area contributed by atoms with Gasteiger partial charge in [-0.2, -0.15) is 11.8 Å². The zero-order valence-electron chi connectivity index (χ0n) is 12.2. The third-order valence-electron chi connectivity index (χ3n) is 2.17. The Morgan fingerprint density at radius 2 is 1.95 bits per heavy atom. The zero-order valence-corrected chi connectivity index (χ0v) is 13.0. The molecule has 0 saturated heterocycles. The van der Waals surface area contributed by atoms with E-state index in [0.717, 1.165) is 25.0 Å². The van der Waals surface area contributed by atoms with Gasteiger partial charge in [-0.05, 0) is 32.9 Å². The van der Waals surface area contributed by atoms with Crippen LogP contribution in [0.15, 0.2) is 0 Å². The summed E-state index contributed by atoms with van der Waals surface area (Å²) in [6.07, 6.45) is 2.66. The molecule has 0 aromatic heterocycles. The number of thioether (sulfide) groups is 1. The molecule has 6 heteroatoms. The van der Waals surface area contributed by atoms with Crippen molar-refractivity contribution in [2.45, 2.75) is 58.6 Å². The number of carbonyl (C=O) groups is 2. The zero-order chi connectivity index (χ0) is 14.9. The first kappa shape index (κ1) is 18.1. The van der Waals surface area contributed by atoms with Gasteiger partial charge >= 0.3 is 12.1 Å². The lowest BCUT2D eigenvalue weighted by atomic mass is 10.2. The molecule has 0 aliphatic carbocycles. The van der Waals surface area contributed by atoms with Crippen LogP contribution >= 0.6 is 11.8 Å². The van der Waals surface area contributed by atoms with Gasteiger partial charge < -0.3 is 15.2 Å². The van der Waals surface area contributed by atoms with E-state index in [-0.39, 0.29) is 0 Å². The fourth-order valence-corrected chi connectivity index (χ4v) is 2.32. The molecule has 0 aliphatic heterocycles. The normalized spacial score (nSPS) is 12.8. The van der Waals surface area contributed by atoms with E-state index in [9.17, 15) is 9.59 Å². The third-order valence-corrected chi connectivity index (χ3v) is 3.31. The number of unbranched alkanes of at least 4 members (excludes halogenated alkanes) is 2. The molecule has 0 bridgehead atoms. The van der Waals surface area contributed by atoms with Gasteiger partial charge in [0.05, 0.1) is 0 Å². The maximum Gasteiger partial charge on any atom is 0.408 e. The van der Waals surface area contributed by atoms with Crippen LogP contribution in [0.1, 0.15) is 47.0 Å². The van der Waals surface area contributed by atoms with Gasteiger partial charge in [0, 0.05) is 5.75 Å². The monoisotopic (exact) mass is 291 g/mol. The van der Waals surface area contributed by atoms with Crippen LogP contribution in [0.5, 0.6) is 0 Å². The molecule has 0 aromatic rings. The van der Waals surface area contributed by atoms with Crippen LogP contribution in [0.25, 0.3) is 0 Å². The Balaban J connectivity index is 4.05. The van der Waals surface area contributed by atoms with Crippen LogP contribution < -0.4 is 5.32 Å². The number of nitrogens with one attached hydrogen (secondary N) is 1. The number of ether oxygens (including phenoxy) is 1. The molecular weight excluding hydrogens is 266 g/mol. The number of alkyl carbamates (subject to hydrolysis) is 1. The summed E-state index contributed by atoms with van der Waals surface area (Å²) >= 11 is 1.54. The lowest BCUT2D eigenvalue weighted by Crippen LogP contribution is -2.45. The maximum atomic E-state index is 11.5. The number of rotatable bonds is 8. The van der Waals surface area contributed by atoms with Crippen LogP contribution in [0.3, 0.4) is 0 Å². The van der Waals surface area contributed by atoms with Crippen molar-refractivity contribution in [1.82, 2.24) is 5.32 Å². The molecule has 0 fully saturated rings. The molecule has 1 amide bonds. The number of hydrogen-bond donors (Lipinski definition) is 2. The van der Waals surface area contributed by atoms with Crippen molar-refractivity contribution in [3.05, 3.63) is 0 Å². The third kappa shape index (κ3) is 10.7. The molecule has 2 N–H and O–H groups in total. The second-order valence-corrected chi connectivity index (χ2v) is 6.47. The van der Waals surface area contributed by atoms with Crippen LogP contribution in [-0.4, -0.2) is 40.3 Å².